The minimum Gasteiger partial charge on any atom is -0.392 e. The first-order chi connectivity index (χ1) is 8.13. The highest BCUT2D eigenvalue weighted by Crippen LogP contribution is 2.27. The first-order valence-electron chi connectivity index (χ1n) is 5.56. The Bertz CT molecular complexity index is 520. The zero-order valence-electron chi connectivity index (χ0n) is 9.89. The van der Waals surface area contributed by atoms with Gasteiger partial charge in [0, 0.05) is 22.8 Å². The van der Waals surface area contributed by atoms with E-state index in [-0.39, 0.29) is 6.61 Å². The summed E-state index contributed by atoms with van der Waals surface area (Å²) in [6, 6.07) is 7.92. The van der Waals surface area contributed by atoms with E-state index in [4.69, 9.17) is 16.7 Å². The number of hydrogen-bond acceptors (Lipinski definition) is 2. The van der Waals surface area contributed by atoms with Crippen LogP contribution in [0.5, 0.6) is 0 Å². The van der Waals surface area contributed by atoms with Crippen LogP contribution in [0.4, 0.5) is 0 Å². The molecule has 17 heavy (non-hydrogen) atoms. The molecule has 90 valence electrons. The number of aliphatic hydroxyl groups excluding tert-OH is 1. The number of hydrogen-bond donors (Lipinski definition) is 1. The summed E-state index contributed by atoms with van der Waals surface area (Å²) in [5.74, 6) is 0. The van der Waals surface area contributed by atoms with Crippen LogP contribution in [0.2, 0.25) is 5.02 Å². The van der Waals surface area contributed by atoms with Crippen molar-refractivity contribution >= 4 is 11.6 Å². The van der Waals surface area contributed by atoms with Gasteiger partial charge in [0.05, 0.1) is 12.3 Å². The van der Waals surface area contributed by atoms with E-state index in [1.54, 1.807) is 6.20 Å². The van der Waals surface area contributed by atoms with Gasteiger partial charge in [-0.1, -0.05) is 23.7 Å². The lowest BCUT2D eigenvalue weighted by atomic mass is 10.1. The molecule has 1 heterocycles. The number of aliphatic hydroxyl groups is 1. The molecule has 0 atom stereocenters. The van der Waals surface area contributed by atoms with Crippen molar-refractivity contribution in [2.45, 2.75) is 26.5 Å². The van der Waals surface area contributed by atoms with Crippen LogP contribution in [0.15, 0.2) is 30.5 Å². The van der Waals surface area contributed by atoms with Crippen LogP contribution >= 0.6 is 11.6 Å². The fourth-order valence-electron chi connectivity index (χ4n) is 1.79. The van der Waals surface area contributed by atoms with Gasteiger partial charge >= 0.3 is 0 Å². The molecule has 2 rings (SSSR count). The van der Waals surface area contributed by atoms with E-state index >= 15 is 0 Å². The van der Waals surface area contributed by atoms with Crippen LogP contribution in [-0.4, -0.2) is 14.9 Å². The van der Waals surface area contributed by atoms with Crippen LogP contribution in [-0.2, 0) is 6.61 Å². The van der Waals surface area contributed by atoms with Crippen molar-refractivity contribution in [3.63, 3.8) is 0 Å². The van der Waals surface area contributed by atoms with E-state index in [1.807, 2.05) is 28.9 Å². The average molecular weight is 251 g/mol. The summed E-state index contributed by atoms with van der Waals surface area (Å²) in [6.45, 7) is 4.13. The molecule has 0 unspecified atom stereocenters. The van der Waals surface area contributed by atoms with Gasteiger partial charge in [-0.25, -0.2) is 0 Å². The third kappa shape index (κ3) is 2.35. The molecular formula is C13H15ClN2O. The molecule has 1 aromatic heterocycles. The molecule has 4 heteroatoms. The quantitative estimate of drug-likeness (QED) is 0.908. The highest BCUT2D eigenvalue weighted by Gasteiger charge is 2.09. The standard InChI is InChI=1S/C13H15ClN2O/c1-9(2)16-13(5-6-15-16)10-3-4-11(8-17)12(14)7-10/h3-7,9,17H,8H2,1-2H3. The largest absolute Gasteiger partial charge is 0.392 e. The van der Waals surface area contributed by atoms with Gasteiger partial charge in [-0.3, -0.25) is 4.68 Å². The van der Waals surface area contributed by atoms with E-state index in [9.17, 15) is 0 Å². The fraction of sp³-hybridized carbons (Fsp3) is 0.308. The molecule has 0 aliphatic rings. The molecule has 0 fully saturated rings. The van der Waals surface area contributed by atoms with Crippen molar-refractivity contribution < 1.29 is 5.11 Å². The Morgan fingerprint density at radius 2 is 2.12 bits per heavy atom. The maximum Gasteiger partial charge on any atom is 0.0696 e. The third-order valence-electron chi connectivity index (χ3n) is 2.68. The molecule has 1 N–H and O–H groups in total. The molecule has 0 aliphatic heterocycles. The number of benzene rings is 1. The molecule has 0 amide bonds. The third-order valence-corrected chi connectivity index (χ3v) is 3.03. The molecule has 0 spiro atoms. The second kappa shape index (κ2) is 4.90. The molecule has 1 aromatic carbocycles. The Balaban J connectivity index is 2.46. The van der Waals surface area contributed by atoms with E-state index in [0.717, 1.165) is 16.8 Å². The highest BCUT2D eigenvalue weighted by molar-refractivity contribution is 6.31. The van der Waals surface area contributed by atoms with Crippen LogP contribution in [0.3, 0.4) is 0 Å². The maximum absolute atomic E-state index is 9.08. The van der Waals surface area contributed by atoms with Gasteiger partial charge in [-0.05, 0) is 31.5 Å². The lowest BCUT2D eigenvalue weighted by molar-refractivity contribution is 0.282. The minimum atomic E-state index is -0.0391. The van der Waals surface area contributed by atoms with E-state index < -0.39 is 0 Å². The fourth-order valence-corrected chi connectivity index (χ4v) is 2.03. The molecule has 0 bridgehead atoms. The lowest BCUT2D eigenvalue weighted by Crippen LogP contribution is -2.04. The predicted molar refractivity (Wildman–Crippen MR) is 69.0 cm³/mol. The second-order valence-corrected chi connectivity index (χ2v) is 4.63. The summed E-state index contributed by atoms with van der Waals surface area (Å²) in [6.07, 6.45) is 1.78. The van der Waals surface area contributed by atoms with Crippen LogP contribution in [0.25, 0.3) is 11.3 Å². The van der Waals surface area contributed by atoms with Crippen molar-refractivity contribution in [3.8, 4) is 11.3 Å². The first kappa shape index (κ1) is 12.1. The van der Waals surface area contributed by atoms with Crippen molar-refractivity contribution in [1.29, 1.82) is 0 Å². The van der Waals surface area contributed by atoms with Gasteiger partial charge in [0.1, 0.15) is 0 Å². The van der Waals surface area contributed by atoms with Gasteiger partial charge in [0.2, 0.25) is 0 Å². The zero-order chi connectivity index (χ0) is 12.4. The Kier molecular flexibility index (Phi) is 3.50. The summed E-state index contributed by atoms with van der Waals surface area (Å²) in [4.78, 5) is 0. The SMILES string of the molecule is CC(C)n1nccc1-c1ccc(CO)c(Cl)c1. The maximum atomic E-state index is 9.08. The molecule has 0 saturated heterocycles. The van der Waals surface area contributed by atoms with Crippen molar-refractivity contribution in [2.75, 3.05) is 0 Å². The van der Waals surface area contributed by atoms with Gasteiger partial charge < -0.3 is 5.11 Å². The molecule has 3 nitrogen and oxygen atoms in total. The van der Waals surface area contributed by atoms with Gasteiger partial charge in [-0.2, -0.15) is 5.10 Å². The van der Waals surface area contributed by atoms with Crippen molar-refractivity contribution in [1.82, 2.24) is 9.78 Å². The van der Waals surface area contributed by atoms with Gasteiger partial charge in [-0.15, -0.1) is 0 Å². The van der Waals surface area contributed by atoms with Gasteiger partial charge in [0.25, 0.3) is 0 Å². The molecule has 0 aliphatic carbocycles. The molecule has 0 saturated carbocycles. The Hall–Kier alpha value is -1.32. The summed E-state index contributed by atoms with van der Waals surface area (Å²) in [7, 11) is 0. The summed E-state index contributed by atoms with van der Waals surface area (Å²) >= 11 is 6.09. The summed E-state index contributed by atoms with van der Waals surface area (Å²) < 4.78 is 1.95. The van der Waals surface area contributed by atoms with E-state index in [0.29, 0.717) is 11.1 Å². The Labute approximate surface area is 106 Å². The monoisotopic (exact) mass is 250 g/mol. The Morgan fingerprint density at radius 1 is 1.35 bits per heavy atom. The van der Waals surface area contributed by atoms with Crippen LogP contribution < -0.4 is 0 Å². The van der Waals surface area contributed by atoms with Crippen LogP contribution in [0.1, 0.15) is 25.5 Å². The van der Waals surface area contributed by atoms with E-state index in [2.05, 4.69) is 18.9 Å². The number of halogens is 1. The smallest absolute Gasteiger partial charge is 0.0696 e. The molecule has 2 aromatic rings. The van der Waals surface area contributed by atoms with Crippen molar-refractivity contribution in [3.05, 3.63) is 41.0 Å². The number of aromatic nitrogens is 2. The molecule has 0 radical (unpaired) electrons. The normalized spacial score (nSPS) is 11.1. The van der Waals surface area contributed by atoms with Gasteiger partial charge in [0.15, 0.2) is 0 Å². The first-order valence-corrected chi connectivity index (χ1v) is 5.94. The summed E-state index contributed by atoms with van der Waals surface area (Å²) in [5.41, 5.74) is 2.79. The minimum absolute atomic E-state index is 0.0391. The topological polar surface area (TPSA) is 38.0 Å². The van der Waals surface area contributed by atoms with Crippen molar-refractivity contribution in [2.24, 2.45) is 0 Å². The van der Waals surface area contributed by atoms with E-state index in [1.165, 1.54) is 0 Å². The number of nitrogens with zero attached hydrogens (tertiary/aromatic N) is 2. The Morgan fingerprint density at radius 3 is 2.71 bits per heavy atom. The average Bonchev–Trinajstić information content (AvgIpc) is 2.77. The summed E-state index contributed by atoms with van der Waals surface area (Å²) in [5, 5.41) is 14.0. The second-order valence-electron chi connectivity index (χ2n) is 4.22. The number of rotatable bonds is 3. The molecular weight excluding hydrogens is 236 g/mol. The van der Waals surface area contributed by atoms with Crippen LogP contribution in [0, 0.1) is 0 Å². The predicted octanol–water partition coefficient (Wildman–Crippen LogP) is 3.28. The lowest BCUT2D eigenvalue weighted by Gasteiger charge is -2.12. The highest BCUT2D eigenvalue weighted by atomic mass is 35.5. The zero-order valence-corrected chi connectivity index (χ0v) is 10.6.